The zero-order valence-corrected chi connectivity index (χ0v) is 74.5. The van der Waals surface area contributed by atoms with Crippen molar-refractivity contribution in [3.8, 4) is 0 Å². The molecule has 136 heavy (non-hydrogen) atoms. The summed E-state index contributed by atoms with van der Waals surface area (Å²) in [4.78, 5) is 64.5. The number of aliphatic hydroxyl groups is 9. The maximum Gasteiger partial charge on any atom is 0.397 e. The van der Waals surface area contributed by atoms with E-state index in [0.29, 0.717) is 20.1 Å². The molecule has 0 saturated carbocycles. The molecule has 27 N–H and O–H groups in total. The van der Waals surface area contributed by atoms with Crippen molar-refractivity contribution in [1.82, 2.24) is 19.5 Å². The van der Waals surface area contributed by atoms with Gasteiger partial charge < -0.3 is 147 Å². The Morgan fingerprint density at radius 3 is 0.926 bits per heavy atom. The van der Waals surface area contributed by atoms with Crippen molar-refractivity contribution >= 4 is 133 Å². The van der Waals surface area contributed by atoms with E-state index < -0.39 is 399 Å². The quantitative estimate of drug-likeness (QED) is 0.0252. The maximum atomic E-state index is 13.5. The first-order valence-electron chi connectivity index (χ1n) is 36.0. The van der Waals surface area contributed by atoms with Crippen LogP contribution in [0, 0.1) is 0 Å². The second-order valence-electron chi connectivity index (χ2n) is 28.5. The lowest BCUT2D eigenvalue weighted by Crippen LogP contribution is -2.72. The molecular formula is C51H80N4O71S10. The van der Waals surface area contributed by atoms with Crippen molar-refractivity contribution in [3.63, 3.8) is 0 Å². The van der Waals surface area contributed by atoms with Gasteiger partial charge in [-0.25, -0.2) is 48.5 Å². The molecule has 7 fully saturated rings. The normalized spacial score (nSPS) is 39.0. The van der Waals surface area contributed by atoms with Crippen LogP contribution < -0.4 is 19.5 Å². The van der Waals surface area contributed by atoms with Gasteiger partial charge in [0.15, 0.2) is 74.6 Å². The Morgan fingerprint density at radius 2 is 0.596 bits per heavy atom. The number of carbonyl (C=O) groups is 5. The zero-order valence-electron chi connectivity index (χ0n) is 66.3. The average Bonchev–Trinajstić information content (AvgIpc) is 0.754. The van der Waals surface area contributed by atoms with Crippen LogP contribution in [0.1, 0.15) is 6.92 Å². The maximum absolute atomic E-state index is 13.5. The summed E-state index contributed by atoms with van der Waals surface area (Å²) in [5.41, 5.74) is 0. The van der Waals surface area contributed by atoms with Crippen LogP contribution in [0.25, 0.3) is 0 Å². The molecule has 75 nitrogen and oxygen atoms in total. The molecule has 0 aliphatic carbocycles. The summed E-state index contributed by atoms with van der Waals surface area (Å²) in [5, 5.41) is 148. The minimum Gasteiger partial charge on any atom is -0.479 e. The highest BCUT2D eigenvalue weighted by Crippen LogP contribution is 2.42. The van der Waals surface area contributed by atoms with Crippen LogP contribution >= 0.6 is 0 Å². The van der Waals surface area contributed by atoms with Crippen LogP contribution in [0.4, 0.5) is 0 Å². The first-order chi connectivity index (χ1) is 61.9. The third-order valence-corrected chi connectivity index (χ3v) is 23.9. The molecule has 1 amide bonds. The number of rotatable bonds is 44. The molecule has 85 heteroatoms. The lowest BCUT2D eigenvalue weighted by atomic mass is 9.94. The SMILES string of the molecule is CO[C@H]1O[C@H](COS(=O)(=O)O)[C@@H](O[C@@H]2O[C@@H](C(=O)O)[C@@H](O[C@H]3O[C@H](COS(=O)(=O)O)[C@@H](O[C@@H]4O[C@@H](C(=O)O)[C@@H](O[C@H]5O[C@H](COS(=O)(=O)O)[C@@H](O[C@@H]6O[C@H](C(=O)O)[C@@H](O[C@H]7O[C@H](COS(=O)(=O)O)[C@@H](OC8OC(C(=O)O)=C[C@H](O)[C@H]8O)[C@H](O)[C@H]7NC(C)=O)[C@H](O)[C@H]6O)[C@H](OS(=O)(=O)O)[C@H]5NS(=O)(=O)O)[C@H](O)[C@H]4OS(=O)(=O)O)[C@H](O)[C@H]3NS(=O)(=O)O)[C@H](O)[C@H]2OS(=O)(=O)O)[C@H](O)[C@H]1NS(=O)(=O)O. The van der Waals surface area contributed by atoms with Crippen LogP contribution in [-0.4, -0.2) is 493 Å². The molecule has 0 aromatic rings. The van der Waals surface area contributed by atoms with Gasteiger partial charge in [-0.05, 0) is 6.08 Å². The van der Waals surface area contributed by atoms with Gasteiger partial charge in [-0.15, -0.1) is 0 Å². The van der Waals surface area contributed by atoms with Gasteiger partial charge >= 0.3 is 128 Å². The summed E-state index contributed by atoms with van der Waals surface area (Å²) in [6.07, 6.45) is -103. The average molecular weight is 2210 g/mol. The molecule has 8 rings (SSSR count). The number of ether oxygens (including phenoxy) is 16. The first kappa shape index (κ1) is 116. The highest BCUT2D eigenvalue weighted by Gasteiger charge is 2.64. The van der Waals surface area contributed by atoms with Crippen molar-refractivity contribution in [3.05, 3.63) is 11.8 Å². The third-order valence-electron chi connectivity index (χ3n) is 19.1. The van der Waals surface area contributed by atoms with E-state index >= 15 is 0 Å². The van der Waals surface area contributed by atoms with Gasteiger partial charge in [-0.1, -0.05) is 0 Å². The molecule has 790 valence electrons. The fourth-order valence-corrected chi connectivity index (χ4v) is 18.4. The molecule has 8 aliphatic heterocycles. The van der Waals surface area contributed by atoms with Gasteiger partial charge in [0.05, 0.1) is 26.4 Å². The van der Waals surface area contributed by atoms with E-state index in [1.165, 1.54) is 4.72 Å². The van der Waals surface area contributed by atoms with Gasteiger partial charge in [-0.3, -0.25) is 50.3 Å². The van der Waals surface area contributed by atoms with Crippen LogP contribution in [0.5, 0.6) is 0 Å². The molecule has 0 radical (unpaired) electrons. The predicted molar refractivity (Wildman–Crippen MR) is 392 cm³/mol. The standard InChI is InChI=1S/C51H80N4O71S10/c1-8(56)52-15-20(59)27(114-48-19(58)9(57)3-10(109-48)40(66)67)12(5-106-131(86,87)88)111-45(15)118-32-23(62)24(63)49(121-37(32)41(68)69)117-30-14(7-108-133(92,93)94)113-47(18(55-129(80,81)82)31(30)124-134(95,96)97)120-34-26(65)36(126-136(101,102)103)51(123-39(34)43(72)73)116-29-13(6-107-132(89,90)91)112-46(17(22(29)61)54-128(77,78)79)119-33-25(64)35(125-135(98,99)100)50(122-38(33)42(70)71)115-28-11(4-105-130(83,84)85)110-44(104-2)16(21(28)60)53-127(74,75)76/h3,9,11-39,44-51,53-55,57-65H,4-7H2,1-2H3,(H,52,56)(H,66,67)(H,68,69)(H,70,71)(H,72,73)(H,74,75,76)(H,77,78,79)(H,80,81,82)(H,83,84,85)(H,86,87,88)(H,89,90,91)(H,92,93,94)(H,95,96,97)(H,98,99,100)(H,101,102,103)/t9-,11+,12+,13+,14+,15+,16+,17+,18+,19+,20+,21+,22+,23+,24+,25-,26-,27+,28+,29+,30+,31+,32-,33-,34-,35+,36+,37-,38+,39+,44-,45+,46+,47+,48?,49+,50+,51+/m0/s1. The van der Waals surface area contributed by atoms with E-state index in [2.05, 4.69) is 29.3 Å². The molecule has 8 heterocycles. The van der Waals surface area contributed by atoms with Crippen LogP contribution in [-0.2, 0) is 233 Å². The van der Waals surface area contributed by atoms with E-state index in [4.69, 9.17) is 75.8 Å². The van der Waals surface area contributed by atoms with Crippen molar-refractivity contribution in [1.29, 1.82) is 0 Å². The Hall–Kier alpha value is -5.37. The molecule has 7 saturated heterocycles. The highest BCUT2D eigenvalue weighted by atomic mass is 32.3. The summed E-state index contributed by atoms with van der Waals surface area (Å²) in [5.74, 6) is -12.1. The van der Waals surface area contributed by atoms with E-state index in [-0.39, 0.29) is 0 Å². The van der Waals surface area contributed by atoms with Gasteiger partial charge in [0.25, 0.3) is 0 Å². The number of hydrogen-bond acceptors (Lipinski definition) is 57. The van der Waals surface area contributed by atoms with Crippen molar-refractivity contribution in [2.45, 2.75) is 240 Å². The number of amides is 1. The summed E-state index contributed by atoms with van der Waals surface area (Å²) in [7, 11) is -60.2. The van der Waals surface area contributed by atoms with Crippen LogP contribution in [0.2, 0.25) is 0 Å². The molecule has 8 aliphatic rings. The summed E-state index contributed by atoms with van der Waals surface area (Å²) >= 11 is 0. The summed E-state index contributed by atoms with van der Waals surface area (Å²) in [6, 6.07) is -11.5. The monoisotopic (exact) mass is 2200 g/mol. The molecule has 0 aromatic carbocycles. The fraction of sp³-hybridized carbons (Fsp3) is 0.863. The minimum absolute atomic E-state index is 0.430. The Balaban J connectivity index is 1.15. The Bertz CT molecular complexity index is 5490. The second-order valence-corrected chi connectivity index (χ2v) is 39.6. The molecule has 1 unspecified atom stereocenters. The zero-order chi connectivity index (χ0) is 103. The summed E-state index contributed by atoms with van der Waals surface area (Å²) in [6.45, 7) is -6.84. The largest absolute Gasteiger partial charge is 0.479 e. The highest BCUT2D eigenvalue weighted by molar-refractivity contribution is 7.84. The third kappa shape index (κ3) is 32.3. The van der Waals surface area contributed by atoms with Gasteiger partial charge in [0.2, 0.25) is 18.0 Å². The smallest absolute Gasteiger partial charge is 0.397 e. The number of carboxylic acid groups (broad SMARTS) is 4. The number of aliphatic carboxylic acids is 4. The van der Waals surface area contributed by atoms with Gasteiger partial charge in [0.1, 0.15) is 152 Å². The molecular weight excluding hydrogens is 2130 g/mol. The number of carbonyl (C=O) groups excluding carboxylic acids is 1. The second kappa shape index (κ2) is 44.9. The van der Waals surface area contributed by atoms with E-state index in [0.717, 1.165) is 9.44 Å². The predicted octanol–water partition coefficient (Wildman–Crippen LogP) is -19.1. The topological polar surface area (TPSA) is 1150 Å². The number of nitrogens with one attached hydrogen (secondary N) is 4. The molecule has 0 bridgehead atoms. The van der Waals surface area contributed by atoms with Crippen molar-refractivity contribution in [2.24, 2.45) is 0 Å². The van der Waals surface area contributed by atoms with Gasteiger partial charge in [0, 0.05) is 14.0 Å². The number of aliphatic hydroxyl groups excluding tert-OH is 9. The summed E-state index contributed by atoms with van der Waals surface area (Å²) < 4.78 is 467. The fourth-order valence-electron chi connectivity index (χ4n) is 13.9. The van der Waals surface area contributed by atoms with E-state index in [1.54, 1.807) is 0 Å². The Labute approximate surface area is 759 Å². The van der Waals surface area contributed by atoms with Crippen LogP contribution in [0.15, 0.2) is 11.8 Å². The number of methoxy groups -OCH3 is 1. The molecule has 0 aromatic heterocycles. The van der Waals surface area contributed by atoms with Gasteiger partial charge in [-0.2, -0.15) is 98.3 Å². The van der Waals surface area contributed by atoms with Crippen molar-refractivity contribution in [2.75, 3.05) is 33.5 Å². The van der Waals surface area contributed by atoms with Crippen molar-refractivity contribution < 1.29 is 325 Å². The number of carboxylic acids is 4. The Morgan fingerprint density at radius 1 is 0.309 bits per heavy atom. The van der Waals surface area contributed by atoms with E-state index in [1.807, 2.05) is 5.32 Å². The molecule has 38 atom stereocenters. The lowest BCUT2D eigenvalue weighted by molar-refractivity contribution is -0.378. The minimum atomic E-state index is -6.56. The van der Waals surface area contributed by atoms with Crippen LogP contribution in [0.3, 0.4) is 0 Å². The Kier molecular flexibility index (Phi) is 38.2. The number of hydrogen-bond donors (Lipinski definition) is 27. The van der Waals surface area contributed by atoms with E-state index in [9.17, 15) is 220 Å². The first-order valence-corrected chi connectivity index (χ1v) is 49.9. The molecule has 0 spiro atoms. The lowest BCUT2D eigenvalue weighted by Gasteiger charge is -2.51.